The molecule has 0 amide bonds. The molecule has 160 valence electrons. The number of rotatable bonds is 8. The van der Waals surface area contributed by atoms with Crippen molar-refractivity contribution in [2.75, 3.05) is 36.0 Å². The molecule has 1 fully saturated rings. The van der Waals surface area contributed by atoms with Gasteiger partial charge in [-0.05, 0) is 61.2 Å². The zero-order valence-corrected chi connectivity index (χ0v) is 19.4. The Morgan fingerprint density at radius 1 is 1.28 bits per heavy atom. The molecule has 1 saturated heterocycles. The zero-order chi connectivity index (χ0) is 21.7. The van der Waals surface area contributed by atoms with E-state index in [1.807, 2.05) is 24.3 Å². The van der Waals surface area contributed by atoms with Gasteiger partial charge < -0.3 is 14.4 Å². The Morgan fingerprint density at radius 2 is 1.86 bits per heavy atom. The smallest absolute Gasteiger partial charge is 0.305 e. The van der Waals surface area contributed by atoms with E-state index in [-0.39, 0.29) is 18.0 Å². The Kier molecular flexibility index (Phi) is 7.72. The monoisotopic (exact) mass is 417 g/mol. The quantitative estimate of drug-likeness (QED) is 0.376. The van der Waals surface area contributed by atoms with Crippen LogP contribution >= 0.6 is 0 Å². The van der Waals surface area contributed by atoms with Crippen LogP contribution in [0.15, 0.2) is 24.3 Å². The third-order valence-corrected chi connectivity index (χ3v) is 10.8. The Labute approximate surface area is 176 Å². The average molecular weight is 418 g/mol. The summed E-state index contributed by atoms with van der Waals surface area (Å²) >= 11 is 0. The standard InChI is InChI=1S/C22H35N3O3Si/c1-22(2,3)29(4,5)28-16-18-10-13-24(14-11-18)19-6-8-20(9-7-19)25(17-23)15-12-21(26)27/h6-9,18H,10-16H2,1-5H3,(H,26,27). The highest BCUT2D eigenvalue weighted by molar-refractivity contribution is 6.74. The molecule has 29 heavy (non-hydrogen) atoms. The second-order valence-corrected chi connectivity index (χ2v) is 14.2. The van der Waals surface area contributed by atoms with Crippen LogP contribution in [0.1, 0.15) is 40.0 Å². The first-order chi connectivity index (χ1) is 13.5. The predicted octanol–water partition coefficient (Wildman–Crippen LogP) is 4.69. The molecule has 2 rings (SSSR count). The Morgan fingerprint density at radius 3 is 2.34 bits per heavy atom. The van der Waals surface area contributed by atoms with Gasteiger partial charge in [0.25, 0.3) is 0 Å². The van der Waals surface area contributed by atoms with E-state index in [0.717, 1.165) is 43.9 Å². The van der Waals surface area contributed by atoms with Crippen LogP contribution in [0, 0.1) is 17.4 Å². The maximum absolute atomic E-state index is 10.7. The van der Waals surface area contributed by atoms with Crippen molar-refractivity contribution >= 4 is 25.7 Å². The fraction of sp³-hybridized carbons (Fsp3) is 0.636. The van der Waals surface area contributed by atoms with Gasteiger partial charge in [-0.15, -0.1) is 0 Å². The molecular formula is C22H35N3O3Si. The summed E-state index contributed by atoms with van der Waals surface area (Å²) in [5.41, 5.74) is 1.88. The molecule has 1 aromatic carbocycles. The molecule has 1 heterocycles. The van der Waals surface area contributed by atoms with Crippen LogP contribution in [0.5, 0.6) is 0 Å². The first-order valence-electron chi connectivity index (χ1n) is 10.4. The molecule has 0 unspecified atom stereocenters. The van der Waals surface area contributed by atoms with Crippen LogP contribution in [0.3, 0.4) is 0 Å². The molecule has 1 N–H and O–H groups in total. The number of aliphatic carboxylic acids is 1. The minimum atomic E-state index is -1.69. The van der Waals surface area contributed by atoms with Gasteiger partial charge in [-0.2, -0.15) is 5.26 Å². The second-order valence-electron chi connectivity index (χ2n) is 9.41. The minimum Gasteiger partial charge on any atom is -0.481 e. The molecule has 6 nitrogen and oxygen atoms in total. The molecule has 0 saturated carbocycles. The van der Waals surface area contributed by atoms with Crippen LogP contribution in [-0.2, 0) is 9.22 Å². The summed E-state index contributed by atoms with van der Waals surface area (Å²) in [6, 6.07) is 7.83. The van der Waals surface area contributed by atoms with Crippen molar-refractivity contribution in [3.05, 3.63) is 24.3 Å². The number of benzene rings is 1. The topological polar surface area (TPSA) is 76.8 Å². The molecule has 1 aliphatic rings. The summed E-state index contributed by atoms with van der Waals surface area (Å²) in [7, 11) is -1.69. The van der Waals surface area contributed by atoms with Gasteiger partial charge in [0.05, 0.1) is 12.1 Å². The average Bonchev–Trinajstić information content (AvgIpc) is 2.67. The molecular weight excluding hydrogens is 382 g/mol. The molecule has 0 atom stereocenters. The zero-order valence-electron chi connectivity index (χ0n) is 18.4. The number of carboxylic acid groups (broad SMARTS) is 1. The Hall–Kier alpha value is -2.04. The number of carboxylic acids is 1. The number of nitriles is 1. The number of nitrogens with zero attached hydrogens (tertiary/aromatic N) is 3. The highest BCUT2D eigenvalue weighted by atomic mass is 28.4. The van der Waals surface area contributed by atoms with E-state index in [1.165, 1.54) is 4.90 Å². The molecule has 7 heteroatoms. The maximum Gasteiger partial charge on any atom is 0.305 e. The highest BCUT2D eigenvalue weighted by Gasteiger charge is 2.37. The maximum atomic E-state index is 10.7. The molecule has 0 aromatic heterocycles. The number of piperidine rings is 1. The summed E-state index contributed by atoms with van der Waals surface area (Å²) in [5, 5.41) is 18.3. The molecule has 1 aromatic rings. The van der Waals surface area contributed by atoms with Crippen LogP contribution in [0.4, 0.5) is 11.4 Å². The van der Waals surface area contributed by atoms with E-state index >= 15 is 0 Å². The van der Waals surface area contributed by atoms with Crippen molar-refractivity contribution in [1.82, 2.24) is 0 Å². The van der Waals surface area contributed by atoms with Gasteiger partial charge in [-0.1, -0.05) is 20.8 Å². The molecule has 0 radical (unpaired) electrons. The van der Waals surface area contributed by atoms with Crippen molar-refractivity contribution in [2.45, 2.75) is 58.2 Å². The van der Waals surface area contributed by atoms with E-state index in [0.29, 0.717) is 5.92 Å². The van der Waals surface area contributed by atoms with Crippen molar-refractivity contribution in [3.63, 3.8) is 0 Å². The lowest BCUT2D eigenvalue weighted by Gasteiger charge is -2.39. The third-order valence-electron chi connectivity index (χ3n) is 6.30. The van der Waals surface area contributed by atoms with E-state index in [2.05, 4.69) is 45.0 Å². The van der Waals surface area contributed by atoms with E-state index < -0.39 is 14.3 Å². The second kappa shape index (κ2) is 9.64. The largest absolute Gasteiger partial charge is 0.481 e. The van der Waals surface area contributed by atoms with Crippen LogP contribution in [-0.4, -0.2) is 45.6 Å². The molecule has 0 spiro atoms. The van der Waals surface area contributed by atoms with Crippen molar-refractivity contribution in [3.8, 4) is 6.19 Å². The summed E-state index contributed by atoms with van der Waals surface area (Å²) in [5.74, 6) is -0.285. The number of hydrogen-bond donors (Lipinski definition) is 1. The van der Waals surface area contributed by atoms with Gasteiger partial charge in [-0.3, -0.25) is 9.69 Å². The molecule has 0 aliphatic carbocycles. The van der Waals surface area contributed by atoms with Gasteiger partial charge in [0.15, 0.2) is 14.5 Å². The van der Waals surface area contributed by atoms with Crippen molar-refractivity contribution in [2.24, 2.45) is 5.92 Å². The van der Waals surface area contributed by atoms with Crippen LogP contribution in [0.2, 0.25) is 18.1 Å². The number of carbonyl (C=O) groups is 1. The SMILES string of the molecule is CC(C)(C)[Si](C)(C)OCC1CCN(c2ccc(N(C#N)CCC(=O)O)cc2)CC1. The Balaban J connectivity index is 1.86. The Bertz CT molecular complexity index is 714. The molecule has 0 bridgehead atoms. The third kappa shape index (κ3) is 6.48. The van der Waals surface area contributed by atoms with Crippen molar-refractivity contribution < 1.29 is 14.3 Å². The fourth-order valence-corrected chi connectivity index (χ4v) is 4.27. The highest BCUT2D eigenvalue weighted by Crippen LogP contribution is 2.37. The lowest BCUT2D eigenvalue weighted by atomic mass is 9.97. The van der Waals surface area contributed by atoms with E-state index in [4.69, 9.17) is 9.53 Å². The van der Waals surface area contributed by atoms with Gasteiger partial charge in [-0.25, -0.2) is 0 Å². The summed E-state index contributed by atoms with van der Waals surface area (Å²) in [6.07, 6.45) is 4.25. The first-order valence-corrected chi connectivity index (χ1v) is 13.3. The first kappa shape index (κ1) is 23.2. The van der Waals surface area contributed by atoms with Gasteiger partial charge in [0, 0.05) is 31.9 Å². The van der Waals surface area contributed by atoms with E-state index in [9.17, 15) is 10.1 Å². The lowest BCUT2D eigenvalue weighted by Crippen LogP contribution is -2.43. The minimum absolute atomic E-state index is 0.0558. The predicted molar refractivity (Wildman–Crippen MR) is 120 cm³/mol. The van der Waals surface area contributed by atoms with Gasteiger partial charge >= 0.3 is 5.97 Å². The number of hydrogen-bond acceptors (Lipinski definition) is 5. The summed E-state index contributed by atoms with van der Waals surface area (Å²) < 4.78 is 6.41. The van der Waals surface area contributed by atoms with Crippen LogP contribution in [0.25, 0.3) is 0 Å². The normalized spacial score (nSPS) is 15.8. The van der Waals surface area contributed by atoms with Crippen molar-refractivity contribution in [1.29, 1.82) is 5.26 Å². The van der Waals surface area contributed by atoms with Gasteiger partial charge in [0.2, 0.25) is 0 Å². The molecule has 1 aliphatic heterocycles. The summed E-state index contributed by atoms with van der Waals surface area (Å²) in [4.78, 5) is 14.5. The number of anilines is 2. The van der Waals surface area contributed by atoms with E-state index in [1.54, 1.807) is 0 Å². The van der Waals surface area contributed by atoms with Gasteiger partial charge in [0.1, 0.15) is 0 Å². The lowest BCUT2D eigenvalue weighted by molar-refractivity contribution is -0.136. The summed E-state index contributed by atoms with van der Waals surface area (Å²) in [6.45, 7) is 14.5. The fourth-order valence-electron chi connectivity index (χ4n) is 3.19. The van der Waals surface area contributed by atoms with Crippen LogP contribution < -0.4 is 9.80 Å².